The van der Waals surface area contributed by atoms with Crippen LogP contribution in [0.4, 0.5) is 16.2 Å². The van der Waals surface area contributed by atoms with Gasteiger partial charge in [0.1, 0.15) is 0 Å². The third-order valence-electron chi connectivity index (χ3n) is 4.02. The van der Waals surface area contributed by atoms with Crippen molar-refractivity contribution < 1.29 is 4.79 Å². The summed E-state index contributed by atoms with van der Waals surface area (Å²) < 4.78 is 0. The second kappa shape index (κ2) is 5.51. The number of anilines is 2. The lowest BCUT2D eigenvalue weighted by molar-refractivity contribution is 0.186. The number of urea groups is 1. The number of likely N-dealkylation sites (tertiary alicyclic amines) is 1. The topological polar surface area (TPSA) is 58.4 Å². The van der Waals surface area contributed by atoms with E-state index in [0.717, 1.165) is 48.7 Å². The molecule has 0 aromatic heterocycles. The lowest BCUT2D eigenvalue weighted by Gasteiger charge is -2.30. The number of hydrogen-bond acceptors (Lipinski definition) is 2. The van der Waals surface area contributed by atoms with Crippen molar-refractivity contribution in [2.75, 3.05) is 24.1 Å². The number of piperidine rings is 1. The molecular formula is C15H23N3O. The Hall–Kier alpha value is -1.71. The summed E-state index contributed by atoms with van der Waals surface area (Å²) in [6.07, 6.45) is 2.17. The number of benzene rings is 1. The molecule has 19 heavy (non-hydrogen) atoms. The van der Waals surface area contributed by atoms with E-state index in [-0.39, 0.29) is 6.03 Å². The molecule has 1 aliphatic heterocycles. The van der Waals surface area contributed by atoms with Crippen LogP contribution in [0.15, 0.2) is 12.1 Å². The van der Waals surface area contributed by atoms with Crippen LogP contribution >= 0.6 is 0 Å². The van der Waals surface area contributed by atoms with Gasteiger partial charge in [0, 0.05) is 18.8 Å². The van der Waals surface area contributed by atoms with Gasteiger partial charge >= 0.3 is 6.03 Å². The zero-order valence-electron chi connectivity index (χ0n) is 12.0. The van der Waals surface area contributed by atoms with E-state index in [1.54, 1.807) is 0 Å². The van der Waals surface area contributed by atoms with Crippen molar-refractivity contribution in [2.45, 2.75) is 33.6 Å². The summed E-state index contributed by atoms with van der Waals surface area (Å²) in [7, 11) is 0. The van der Waals surface area contributed by atoms with E-state index in [1.807, 2.05) is 30.9 Å². The number of nitrogens with two attached hydrogens (primary N) is 1. The van der Waals surface area contributed by atoms with Crippen LogP contribution in [0.25, 0.3) is 0 Å². The van der Waals surface area contributed by atoms with Gasteiger partial charge in [0.05, 0.1) is 5.69 Å². The van der Waals surface area contributed by atoms with E-state index in [1.165, 1.54) is 0 Å². The van der Waals surface area contributed by atoms with E-state index in [9.17, 15) is 4.79 Å². The van der Waals surface area contributed by atoms with E-state index >= 15 is 0 Å². The van der Waals surface area contributed by atoms with Crippen molar-refractivity contribution in [3.05, 3.63) is 23.3 Å². The van der Waals surface area contributed by atoms with Gasteiger partial charge in [0.15, 0.2) is 0 Å². The minimum atomic E-state index is -0.0105. The van der Waals surface area contributed by atoms with Crippen LogP contribution in [0.3, 0.4) is 0 Å². The van der Waals surface area contributed by atoms with Crippen molar-refractivity contribution >= 4 is 17.4 Å². The zero-order chi connectivity index (χ0) is 14.0. The lowest BCUT2D eigenvalue weighted by Crippen LogP contribution is -2.40. The number of rotatable bonds is 1. The molecule has 104 valence electrons. The highest BCUT2D eigenvalue weighted by Gasteiger charge is 2.21. The molecule has 2 rings (SSSR count). The summed E-state index contributed by atoms with van der Waals surface area (Å²) in [5, 5.41) is 3.01. The highest BCUT2D eigenvalue weighted by Crippen LogP contribution is 2.26. The summed E-state index contributed by atoms with van der Waals surface area (Å²) in [5.41, 5.74) is 9.45. The molecule has 4 heteroatoms. The number of hydrogen-bond donors (Lipinski definition) is 2. The summed E-state index contributed by atoms with van der Waals surface area (Å²) in [4.78, 5) is 14.2. The molecule has 1 aliphatic rings. The average molecular weight is 261 g/mol. The van der Waals surface area contributed by atoms with Crippen LogP contribution in [0, 0.1) is 19.8 Å². The van der Waals surface area contributed by atoms with E-state index in [2.05, 4.69) is 12.2 Å². The fraction of sp³-hybridized carbons (Fsp3) is 0.533. The molecule has 1 heterocycles. The molecule has 1 aromatic carbocycles. The summed E-state index contributed by atoms with van der Waals surface area (Å²) in [6, 6.07) is 3.81. The second-order valence-electron chi connectivity index (χ2n) is 5.57. The van der Waals surface area contributed by atoms with Crippen molar-refractivity contribution in [3.8, 4) is 0 Å². The second-order valence-corrected chi connectivity index (χ2v) is 5.57. The molecule has 1 aromatic rings. The Morgan fingerprint density at radius 3 is 2.58 bits per heavy atom. The number of nitrogen functional groups attached to an aromatic ring is 1. The molecule has 1 fully saturated rings. The molecule has 0 unspecified atom stereocenters. The standard InChI is InChI=1S/C15H23N3O/c1-10-6-8-18(9-7-10)15(19)17-14-11(2)4-5-13(16)12(14)3/h4-5,10H,6-9,16H2,1-3H3,(H,17,19). The maximum Gasteiger partial charge on any atom is 0.321 e. The molecule has 4 nitrogen and oxygen atoms in total. The van der Waals surface area contributed by atoms with Crippen LogP contribution < -0.4 is 11.1 Å². The minimum Gasteiger partial charge on any atom is -0.398 e. The Bertz CT molecular complexity index is 477. The SMILES string of the molecule is Cc1ccc(N)c(C)c1NC(=O)N1CCC(C)CC1. The Morgan fingerprint density at radius 2 is 1.95 bits per heavy atom. The first-order valence-corrected chi connectivity index (χ1v) is 6.90. The Balaban J connectivity index is 2.09. The summed E-state index contributed by atoms with van der Waals surface area (Å²) >= 11 is 0. The van der Waals surface area contributed by atoms with E-state index < -0.39 is 0 Å². The molecule has 0 saturated carbocycles. The van der Waals surface area contributed by atoms with Crippen molar-refractivity contribution in [1.29, 1.82) is 0 Å². The van der Waals surface area contributed by atoms with Crippen LogP contribution in [-0.2, 0) is 0 Å². The molecule has 3 N–H and O–H groups in total. The smallest absolute Gasteiger partial charge is 0.321 e. The van der Waals surface area contributed by atoms with Crippen LogP contribution in [0.1, 0.15) is 30.9 Å². The number of amides is 2. The fourth-order valence-corrected chi connectivity index (χ4v) is 2.45. The zero-order valence-corrected chi connectivity index (χ0v) is 12.0. The largest absolute Gasteiger partial charge is 0.398 e. The fourth-order valence-electron chi connectivity index (χ4n) is 2.45. The molecule has 0 atom stereocenters. The van der Waals surface area contributed by atoms with Gasteiger partial charge in [-0.05, 0) is 49.8 Å². The molecule has 0 spiro atoms. The molecule has 0 aliphatic carbocycles. The molecular weight excluding hydrogens is 238 g/mol. The third kappa shape index (κ3) is 3.00. The first kappa shape index (κ1) is 13.7. The maximum absolute atomic E-state index is 12.3. The first-order chi connectivity index (χ1) is 8.99. The molecule has 2 amide bonds. The van der Waals surface area contributed by atoms with Gasteiger partial charge in [-0.1, -0.05) is 13.0 Å². The average Bonchev–Trinajstić information content (AvgIpc) is 2.40. The molecule has 0 radical (unpaired) electrons. The highest BCUT2D eigenvalue weighted by atomic mass is 16.2. The van der Waals surface area contributed by atoms with Crippen molar-refractivity contribution in [2.24, 2.45) is 5.92 Å². The Labute approximate surface area is 115 Å². The number of nitrogens with zero attached hydrogens (tertiary/aromatic N) is 1. The minimum absolute atomic E-state index is 0.0105. The predicted octanol–water partition coefficient (Wildman–Crippen LogP) is 3.15. The van der Waals surface area contributed by atoms with E-state index in [4.69, 9.17) is 5.73 Å². The highest BCUT2D eigenvalue weighted by molar-refractivity contribution is 5.92. The number of aryl methyl sites for hydroxylation is 1. The van der Waals surface area contributed by atoms with Gasteiger partial charge in [0.25, 0.3) is 0 Å². The molecule has 0 bridgehead atoms. The summed E-state index contributed by atoms with van der Waals surface area (Å²) in [5.74, 6) is 0.722. The van der Waals surface area contributed by atoms with Gasteiger partial charge < -0.3 is 16.0 Å². The van der Waals surface area contributed by atoms with Gasteiger partial charge in [-0.3, -0.25) is 0 Å². The van der Waals surface area contributed by atoms with Crippen LogP contribution in [-0.4, -0.2) is 24.0 Å². The van der Waals surface area contributed by atoms with E-state index in [0.29, 0.717) is 5.69 Å². The van der Waals surface area contributed by atoms with Crippen LogP contribution in [0.5, 0.6) is 0 Å². The third-order valence-corrected chi connectivity index (χ3v) is 4.02. The van der Waals surface area contributed by atoms with Crippen molar-refractivity contribution in [1.82, 2.24) is 4.90 Å². The number of nitrogens with one attached hydrogen (secondary N) is 1. The predicted molar refractivity (Wildman–Crippen MR) is 79.3 cm³/mol. The normalized spacial score (nSPS) is 16.5. The molecule has 1 saturated heterocycles. The lowest BCUT2D eigenvalue weighted by atomic mass is 9.99. The maximum atomic E-state index is 12.3. The Morgan fingerprint density at radius 1 is 1.32 bits per heavy atom. The Kier molecular flexibility index (Phi) is 3.98. The van der Waals surface area contributed by atoms with Gasteiger partial charge in [-0.25, -0.2) is 4.79 Å². The monoisotopic (exact) mass is 261 g/mol. The van der Waals surface area contributed by atoms with Gasteiger partial charge in [-0.2, -0.15) is 0 Å². The summed E-state index contributed by atoms with van der Waals surface area (Å²) in [6.45, 7) is 7.85. The van der Waals surface area contributed by atoms with Crippen molar-refractivity contribution in [3.63, 3.8) is 0 Å². The first-order valence-electron chi connectivity index (χ1n) is 6.90. The number of carbonyl (C=O) groups excluding carboxylic acids is 1. The van der Waals surface area contributed by atoms with Gasteiger partial charge in [0.2, 0.25) is 0 Å². The van der Waals surface area contributed by atoms with Crippen LogP contribution in [0.2, 0.25) is 0 Å². The number of carbonyl (C=O) groups is 1. The quantitative estimate of drug-likeness (QED) is 0.763. The van der Waals surface area contributed by atoms with Gasteiger partial charge in [-0.15, -0.1) is 0 Å².